The summed E-state index contributed by atoms with van der Waals surface area (Å²) < 4.78 is 0. The van der Waals surface area contributed by atoms with Crippen molar-refractivity contribution in [3.05, 3.63) is 0 Å². The Balaban J connectivity index is 2.54. The van der Waals surface area contributed by atoms with Crippen LogP contribution in [0.1, 0.15) is 40.0 Å². The molecule has 0 aliphatic carbocycles. The fourth-order valence-corrected chi connectivity index (χ4v) is 1.87. The Hall–Kier alpha value is -0.570. The first kappa shape index (κ1) is 10.5. The van der Waals surface area contributed by atoms with Crippen molar-refractivity contribution in [3.8, 4) is 0 Å². The van der Waals surface area contributed by atoms with Crippen LogP contribution in [0, 0.1) is 0 Å². The molecule has 0 radical (unpaired) electrons. The molecule has 3 nitrogen and oxygen atoms in total. The Labute approximate surface area is 80.5 Å². The van der Waals surface area contributed by atoms with Crippen LogP contribution in [0.5, 0.6) is 0 Å². The lowest BCUT2D eigenvalue weighted by Gasteiger charge is -2.25. The van der Waals surface area contributed by atoms with E-state index in [0.717, 1.165) is 25.9 Å². The summed E-state index contributed by atoms with van der Waals surface area (Å²) in [7, 11) is 0. The van der Waals surface area contributed by atoms with Gasteiger partial charge in [0.1, 0.15) is 0 Å². The van der Waals surface area contributed by atoms with Crippen LogP contribution in [-0.4, -0.2) is 29.6 Å². The van der Waals surface area contributed by atoms with Crippen molar-refractivity contribution in [2.45, 2.75) is 52.1 Å². The molecular weight excluding hydrogens is 164 g/mol. The first-order chi connectivity index (χ1) is 6.20. The predicted molar refractivity (Wildman–Crippen MR) is 53.3 cm³/mol. The summed E-state index contributed by atoms with van der Waals surface area (Å²) in [5.74, 6) is 0.264. The number of nitrogens with one attached hydrogen (secondary N) is 1. The van der Waals surface area contributed by atoms with Gasteiger partial charge in [0, 0.05) is 6.04 Å². The molecule has 1 N–H and O–H groups in total. The van der Waals surface area contributed by atoms with E-state index in [1.807, 2.05) is 11.8 Å². The van der Waals surface area contributed by atoms with Gasteiger partial charge in [-0.2, -0.15) is 0 Å². The van der Waals surface area contributed by atoms with Gasteiger partial charge < -0.3 is 4.90 Å². The summed E-state index contributed by atoms with van der Waals surface area (Å²) in [5.41, 5.74) is 0. The van der Waals surface area contributed by atoms with Crippen LogP contribution >= 0.6 is 0 Å². The number of nitrogens with zero attached hydrogens (tertiary/aromatic N) is 1. The standard InChI is InChI=1S/C10H20N2O/c1-4-6-9(5-2)12-7-11-8(3)10(12)13/h8-9,11H,4-7H2,1-3H3. The lowest BCUT2D eigenvalue weighted by molar-refractivity contribution is -0.130. The van der Waals surface area contributed by atoms with E-state index in [2.05, 4.69) is 19.2 Å². The largest absolute Gasteiger partial charge is 0.326 e. The fraction of sp³-hybridized carbons (Fsp3) is 0.900. The van der Waals surface area contributed by atoms with Crippen LogP contribution < -0.4 is 5.32 Å². The average Bonchev–Trinajstić information content (AvgIpc) is 2.45. The molecule has 0 bridgehead atoms. The molecule has 0 spiro atoms. The van der Waals surface area contributed by atoms with E-state index >= 15 is 0 Å². The number of amides is 1. The lowest BCUT2D eigenvalue weighted by Crippen LogP contribution is -2.37. The van der Waals surface area contributed by atoms with Gasteiger partial charge >= 0.3 is 0 Å². The molecule has 1 aliphatic heterocycles. The average molecular weight is 184 g/mol. The maximum Gasteiger partial charge on any atom is 0.240 e. The van der Waals surface area contributed by atoms with Gasteiger partial charge in [0.15, 0.2) is 0 Å². The summed E-state index contributed by atoms with van der Waals surface area (Å²) in [6.07, 6.45) is 3.33. The van der Waals surface area contributed by atoms with Gasteiger partial charge in [-0.1, -0.05) is 20.3 Å². The molecule has 1 amide bonds. The number of carbonyl (C=O) groups is 1. The molecule has 2 atom stereocenters. The van der Waals surface area contributed by atoms with Gasteiger partial charge in [0.2, 0.25) is 5.91 Å². The summed E-state index contributed by atoms with van der Waals surface area (Å²) >= 11 is 0. The topological polar surface area (TPSA) is 32.3 Å². The normalized spacial score (nSPS) is 25.3. The quantitative estimate of drug-likeness (QED) is 0.715. The van der Waals surface area contributed by atoms with Gasteiger partial charge in [0.05, 0.1) is 12.7 Å². The van der Waals surface area contributed by atoms with Crippen molar-refractivity contribution < 1.29 is 4.79 Å². The Bertz CT molecular complexity index is 182. The minimum atomic E-state index is 0.0194. The van der Waals surface area contributed by atoms with Crippen LogP contribution in [0.4, 0.5) is 0 Å². The van der Waals surface area contributed by atoms with E-state index in [9.17, 15) is 4.79 Å². The van der Waals surface area contributed by atoms with Crippen molar-refractivity contribution in [1.29, 1.82) is 0 Å². The van der Waals surface area contributed by atoms with Gasteiger partial charge in [-0.3, -0.25) is 10.1 Å². The highest BCUT2D eigenvalue weighted by Crippen LogP contribution is 2.15. The first-order valence-electron chi connectivity index (χ1n) is 5.24. The molecule has 0 aromatic carbocycles. The second kappa shape index (κ2) is 4.61. The molecule has 0 aromatic heterocycles. The SMILES string of the molecule is CCCC(CC)N1CNC(C)C1=O. The minimum Gasteiger partial charge on any atom is -0.326 e. The molecular formula is C10H20N2O. The molecule has 1 aliphatic rings. The third-order valence-corrected chi connectivity index (χ3v) is 2.76. The second-order valence-corrected chi connectivity index (χ2v) is 3.74. The fourth-order valence-electron chi connectivity index (χ4n) is 1.87. The third-order valence-electron chi connectivity index (χ3n) is 2.76. The number of hydrogen-bond acceptors (Lipinski definition) is 2. The second-order valence-electron chi connectivity index (χ2n) is 3.74. The molecule has 76 valence electrons. The minimum absolute atomic E-state index is 0.0194. The van der Waals surface area contributed by atoms with Crippen molar-refractivity contribution in [2.24, 2.45) is 0 Å². The molecule has 1 heterocycles. The molecule has 1 rings (SSSR count). The first-order valence-corrected chi connectivity index (χ1v) is 5.24. The number of rotatable bonds is 4. The van der Waals surface area contributed by atoms with Crippen molar-refractivity contribution >= 4 is 5.91 Å². The number of hydrogen-bond donors (Lipinski definition) is 1. The maximum atomic E-state index is 11.6. The maximum absolute atomic E-state index is 11.6. The Morgan fingerprint density at radius 1 is 1.62 bits per heavy atom. The lowest BCUT2D eigenvalue weighted by atomic mass is 10.1. The van der Waals surface area contributed by atoms with E-state index in [1.165, 1.54) is 0 Å². The van der Waals surface area contributed by atoms with E-state index in [4.69, 9.17) is 0 Å². The summed E-state index contributed by atoms with van der Waals surface area (Å²) in [6.45, 7) is 6.98. The zero-order valence-corrected chi connectivity index (χ0v) is 8.84. The summed E-state index contributed by atoms with van der Waals surface area (Å²) in [4.78, 5) is 13.6. The Morgan fingerprint density at radius 3 is 2.69 bits per heavy atom. The highest BCUT2D eigenvalue weighted by Gasteiger charge is 2.31. The van der Waals surface area contributed by atoms with E-state index < -0.39 is 0 Å². The van der Waals surface area contributed by atoms with Crippen LogP contribution in [-0.2, 0) is 4.79 Å². The van der Waals surface area contributed by atoms with Gasteiger partial charge in [-0.25, -0.2) is 0 Å². The summed E-state index contributed by atoms with van der Waals surface area (Å²) in [5, 5.41) is 3.17. The molecule has 1 fully saturated rings. The van der Waals surface area contributed by atoms with Crippen LogP contribution in [0.15, 0.2) is 0 Å². The smallest absolute Gasteiger partial charge is 0.240 e. The molecule has 1 saturated heterocycles. The highest BCUT2D eigenvalue weighted by atomic mass is 16.2. The van der Waals surface area contributed by atoms with Gasteiger partial charge in [-0.05, 0) is 19.8 Å². The highest BCUT2D eigenvalue weighted by molar-refractivity contribution is 5.83. The predicted octanol–water partition coefficient (Wildman–Crippen LogP) is 1.34. The van der Waals surface area contributed by atoms with Gasteiger partial charge in [-0.15, -0.1) is 0 Å². The van der Waals surface area contributed by atoms with Crippen LogP contribution in [0.25, 0.3) is 0 Å². The Morgan fingerprint density at radius 2 is 2.31 bits per heavy atom. The summed E-state index contributed by atoms with van der Waals surface area (Å²) in [6, 6.07) is 0.459. The zero-order chi connectivity index (χ0) is 9.84. The van der Waals surface area contributed by atoms with Crippen LogP contribution in [0.2, 0.25) is 0 Å². The Kier molecular flexibility index (Phi) is 3.72. The van der Waals surface area contributed by atoms with E-state index in [-0.39, 0.29) is 11.9 Å². The third kappa shape index (κ3) is 2.21. The van der Waals surface area contributed by atoms with Crippen molar-refractivity contribution in [1.82, 2.24) is 10.2 Å². The van der Waals surface area contributed by atoms with Crippen molar-refractivity contribution in [2.75, 3.05) is 6.67 Å². The molecule has 13 heavy (non-hydrogen) atoms. The monoisotopic (exact) mass is 184 g/mol. The van der Waals surface area contributed by atoms with Gasteiger partial charge in [0.25, 0.3) is 0 Å². The molecule has 3 heteroatoms. The van der Waals surface area contributed by atoms with Crippen molar-refractivity contribution in [3.63, 3.8) is 0 Å². The van der Waals surface area contributed by atoms with Crippen LogP contribution in [0.3, 0.4) is 0 Å². The van der Waals surface area contributed by atoms with E-state index in [1.54, 1.807) is 0 Å². The zero-order valence-electron chi connectivity index (χ0n) is 8.84. The molecule has 0 saturated carbocycles. The van der Waals surface area contributed by atoms with E-state index in [0.29, 0.717) is 6.04 Å². The molecule has 0 aromatic rings. The number of carbonyl (C=O) groups excluding carboxylic acids is 1. The molecule has 2 unspecified atom stereocenters.